The minimum absolute atomic E-state index is 0.229. The summed E-state index contributed by atoms with van der Waals surface area (Å²) in [5.41, 5.74) is 5.41. The van der Waals surface area contributed by atoms with E-state index in [1.54, 1.807) is 10.9 Å². The molecule has 2 rings (SSSR count). The highest BCUT2D eigenvalue weighted by atomic mass is 32.2. The molecule has 0 aromatic carbocycles. The molecule has 1 fully saturated rings. The Hall–Kier alpha value is -0.570. The quantitative estimate of drug-likeness (QED) is 0.761. The molecule has 0 amide bonds. The zero-order valence-corrected chi connectivity index (χ0v) is 12.4. The summed E-state index contributed by atoms with van der Waals surface area (Å²) in [6.07, 6.45) is 5.99. The molecule has 1 unspecified atom stereocenters. The van der Waals surface area contributed by atoms with E-state index in [2.05, 4.69) is 9.82 Å². The van der Waals surface area contributed by atoms with Gasteiger partial charge in [0.2, 0.25) is 10.0 Å². The van der Waals surface area contributed by atoms with Crippen molar-refractivity contribution >= 4 is 21.8 Å². The normalized spacial score (nSPS) is 19.9. The molecule has 0 saturated carbocycles. The smallest absolute Gasteiger partial charge is 0.243 e. The summed E-state index contributed by atoms with van der Waals surface area (Å²) in [6.45, 7) is 1.71. The summed E-state index contributed by atoms with van der Waals surface area (Å²) in [5, 5.41) is 4.44. The summed E-state index contributed by atoms with van der Waals surface area (Å²) >= 11 is 1.83. The van der Waals surface area contributed by atoms with Crippen LogP contribution in [-0.2, 0) is 16.6 Å². The second kappa shape index (κ2) is 6.74. The minimum atomic E-state index is -3.43. The second-order valence-corrected chi connectivity index (χ2v) is 7.74. The number of aromatic nitrogens is 2. The van der Waals surface area contributed by atoms with Crippen LogP contribution in [0.1, 0.15) is 19.3 Å². The molecule has 1 aliphatic heterocycles. The first-order valence-corrected chi connectivity index (χ1v) is 8.99. The molecule has 8 heteroatoms. The largest absolute Gasteiger partial charge is 0.330 e. The van der Waals surface area contributed by atoms with Crippen LogP contribution in [0.4, 0.5) is 0 Å². The molecule has 19 heavy (non-hydrogen) atoms. The van der Waals surface area contributed by atoms with Crippen LogP contribution in [0.5, 0.6) is 0 Å². The number of hydrogen-bond donors (Lipinski definition) is 2. The Morgan fingerprint density at radius 3 is 3.11 bits per heavy atom. The van der Waals surface area contributed by atoms with Gasteiger partial charge < -0.3 is 5.73 Å². The Morgan fingerprint density at radius 2 is 2.42 bits per heavy atom. The molecule has 6 nitrogen and oxygen atoms in total. The van der Waals surface area contributed by atoms with Crippen LogP contribution in [0.15, 0.2) is 17.3 Å². The van der Waals surface area contributed by atoms with Gasteiger partial charge in [-0.1, -0.05) is 0 Å². The van der Waals surface area contributed by atoms with Gasteiger partial charge in [0.1, 0.15) is 4.90 Å². The average molecular weight is 304 g/mol. The van der Waals surface area contributed by atoms with Gasteiger partial charge in [-0.05, 0) is 31.6 Å². The molecule has 0 aliphatic carbocycles. The van der Waals surface area contributed by atoms with E-state index in [1.165, 1.54) is 12.6 Å². The highest BCUT2D eigenvalue weighted by Gasteiger charge is 2.21. The lowest BCUT2D eigenvalue weighted by Gasteiger charge is -2.09. The third-order valence-electron chi connectivity index (χ3n) is 3.04. The lowest BCUT2D eigenvalue weighted by molar-refractivity contribution is 0.574. The minimum Gasteiger partial charge on any atom is -0.330 e. The second-order valence-electron chi connectivity index (χ2n) is 4.57. The van der Waals surface area contributed by atoms with Crippen LogP contribution in [0.3, 0.4) is 0 Å². The van der Waals surface area contributed by atoms with Crippen LogP contribution in [0.2, 0.25) is 0 Å². The highest BCUT2D eigenvalue weighted by Crippen LogP contribution is 2.25. The van der Waals surface area contributed by atoms with Crippen molar-refractivity contribution in [1.29, 1.82) is 0 Å². The van der Waals surface area contributed by atoms with Gasteiger partial charge in [0, 0.05) is 24.5 Å². The number of sulfonamides is 1. The van der Waals surface area contributed by atoms with Gasteiger partial charge in [0.25, 0.3) is 0 Å². The monoisotopic (exact) mass is 304 g/mol. The Balaban J connectivity index is 1.92. The molecule has 1 atom stereocenters. The lowest BCUT2D eigenvalue weighted by Crippen LogP contribution is -2.29. The summed E-state index contributed by atoms with van der Waals surface area (Å²) in [6, 6.07) is 0. The van der Waals surface area contributed by atoms with Gasteiger partial charge in [-0.15, -0.1) is 0 Å². The van der Waals surface area contributed by atoms with E-state index in [4.69, 9.17) is 5.73 Å². The first-order chi connectivity index (χ1) is 9.12. The maximum Gasteiger partial charge on any atom is 0.243 e. The number of nitrogens with one attached hydrogen (secondary N) is 1. The number of hydrogen-bond acceptors (Lipinski definition) is 5. The third-order valence-corrected chi connectivity index (χ3v) is 5.81. The van der Waals surface area contributed by atoms with E-state index >= 15 is 0 Å². The fourth-order valence-corrected chi connectivity index (χ4v) is 4.29. The number of nitrogens with two attached hydrogens (primary N) is 1. The topological polar surface area (TPSA) is 90.0 Å². The first-order valence-electron chi connectivity index (χ1n) is 6.45. The van der Waals surface area contributed by atoms with E-state index in [1.807, 2.05) is 11.8 Å². The summed E-state index contributed by atoms with van der Waals surface area (Å²) in [4.78, 5) is 0.229. The fourth-order valence-electron chi connectivity index (χ4n) is 1.95. The molecule has 108 valence electrons. The van der Waals surface area contributed by atoms with Gasteiger partial charge in [0.05, 0.1) is 6.20 Å². The molecular formula is C11H20N4O2S2. The maximum atomic E-state index is 12.1. The standard InChI is InChI=1S/C11H20N4O2S2/c12-4-2-5-15-9-11(8-13-15)19(16,17)14-7-10-3-1-6-18-10/h8-10,14H,1-7,12H2. The molecule has 2 heterocycles. The molecule has 1 aromatic heterocycles. The Labute approximate surface area is 118 Å². The van der Waals surface area contributed by atoms with Crippen molar-refractivity contribution in [3.8, 4) is 0 Å². The first kappa shape index (κ1) is 14.8. The van der Waals surface area contributed by atoms with E-state index in [0.717, 1.165) is 18.6 Å². The molecule has 0 bridgehead atoms. The lowest BCUT2D eigenvalue weighted by atomic mass is 10.2. The van der Waals surface area contributed by atoms with Crippen molar-refractivity contribution in [2.75, 3.05) is 18.8 Å². The molecule has 3 N–H and O–H groups in total. The summed E-state index contributed by atoms with van der Waals surface area (Å²) in [7, 11) is -3.43. The van der Waals surface area contributed by atoms with Crippen molar-refractivity contribution in [2.24, 2.45) is 5.73 Å². The predicted octanol–water partition coefficient (Wildman–Crippen LogP) is 0.406. The summed E-state index contributed by atoms with van der Waals surface area (Å²) < 4.78 is 28.4. The molecule has 1 aliphatic rings. The van der Waals surface area contributed by atoms with Crippen molar-refractivity contribution in [3.63, 3.8) is 0 Å². The van der Waals surface area contributed by atoms with E-state index in [9.17, 15) is 8.42 Å². The van der Waals surface area contributed by atoms with Crippen LogP contribution in [0, 0.1) is 0 Å². The Bertz CT molecular complexity index is 495. The van der Waals surface area contributed by atoms with Crippen LogP contribution in [-0.4, -0.2) is 42.3 Å². The van der Waals surface area contributed by atoms with E-state index in [-0.39, 0.29) is 4.90 Å². The van der Waals surface area contributed by atoms with Gasteiger partial charge >= 0.3 is 0 Å². The van der Waals surface area contributed by atoms with Crippen LogP contribution < -0.4 is 10.5 Å². The molecule has 0 radical (unpaired) electrons. The van der Waals surface area contributed by atoms with Crippen LogP contribution >= 0.6 is 11.8 Å². The number of rotatable bonds is 7. The Morgan fingerprint density at radius 1 is 1.58 bits per heavy atom. The SMILES string of the molecule is NCCCn1cc(S(=O)(=O)NCC2CCCS2)cn1. The fraction of sp³-hybridized carbons (Fsp3) is 0.727. The van der Waals surface area contributed by atoms with E-state index < -0.39 is 10.0 Å². The van der Waals surface area contributed by atoms with Crippen molar-refractivity contribution in [1.82, 2.24) is 14.5 Å². The molecule has 0 spiro atoms. The number of thioether (sulfide) groups is 1. The highest BCUT2D eigenvalue weighted by molar-refractivity contribution is 8.00. The average Bonchev–Trinajstić information content (AvgIpc) is 3.05. The molecular weight excluding hydrogens is 284 g/mol. The van der Waals surface area contributed by atoms with Crippen LogP contribution in [0.25, 0.3) is 0 Å². The van der Waals surface area contributed by atoms with Crippen molar-refractivity contribution in [2.45, 2.75) is 36.0 Å². The van der Waals surface area contributed by atoms with E-state index in [0.29, 0.717) is 24.9 Å². The van der Waals surface area contributed by atoms with Gasteiger partial charge in [-0.2, -0.15) is 16.9 Å². The van der Waals surface area contributed by atoms with Gasteiger partial charge in [0.15, 0.2) is 0 Å². The number of aryl methyl sites for hydroxylation is 1. The third kappa shape index (κ3) is 4.20. The maximum absolute atomic E-state index is 12.1. The van der Waals surface area contributed by atoms with Gasteiger partial charge in [-0.25, -0.2) is 13.1 Å². The van der Waals surface area contributed by atoms with Crippen molar-refractivity contribution in [3.05, 3.63) is 12.4 Å². The summed E-state index contributed by atoms with van der Waals surface area (Å²) in [5.74, 6) is 1.13. The predicted molar refractivity (Wildman–Crippen MR) is 76.6 cm³/mol. The number of nitrogens with zero attached hydrogens (tertiary/aromatic N) is 2. The zero-order valence-electron chi connectivity index (χ0n) is 10.8. The van der Waals surface area contributed by atoms with Gasteiger partial charge in [-0.3, -0.25) is 4.68 Å². The Kier molecular flexibility index (Phi) is 5.26. The zero-order chi connectivity index (χ0) is 13.7. The van der Waals surface area contributed by atoms with Crippen molar-refractivity contribution < 1.29 is 8.42 Å². The molecule has 1 saturated heterocycles. The molecule has 1 aromatic rings.